The second-order valence-corrected chi connectivity index (χ2v) is 17.8. The monoisotopic (exact) mass is 1030 g/mol. The van der Waals surface area contributed by atoms with Gasteiger partial charge in [-0.15, -0.1) is 0 Å². The van der Waals surface area contributed by atoms with Crippen LogP contribution in [0.1, 0.15) is 20.8 Å². The van der Waals surface area contributed by atoms with Gasteiger partial charge in [0, 0.05) is 13.8 Å². The van der Waals surface area contributed by atoms with E-state index >= 15 is 0 Å². The molecule has 0 aliphatic carbocycles. The lowest BCUT2D eigenvalue weighted by molar-refractivity contribution is -0.389. The van der Waals surface area contributed by atoms with Crippen LogP contribution in [0.2, 0.25) is 0 Å². The van der Waals surface area contributed by atoms with E-state index in [-0.39, 0.29) is 0 Å². The molecule has 0 aromatic rings. The van der Waals surface area contributed by atoms with Crippen LogP contribution in [0.4, 0.5) is 0 Å². The number of rotatable bonds is 16. The summed E-state index contributed by atoms with van der Waals surface area (Å²) >= 11 is 0. The van der Waals surface area contributed by atoms with Crippen LogP contribution < -0.4 is 10.6 Å². The Kier molecular flexibility index (Phi) is 20.0. The predicted octanol–water partition coefficient (Wildman–Crippen LogP) is -12.1. The molecule has 6 aliphatic heterocycles. The van der Waals surface area contributed by atoms with Crippen LogP contribution in [-0.4, -0.2) is 305 Å². The maximum absolute atomic E-state index is 12.8. The first-order valence-corrected chi connectivity index (χ1v) is 22.4. The van der Waals surface area contributed by atoms with Gasteiger partial charge in [-0.3, -0.25) is 9.59 Å². The molecule has 0 aromatic heterocycles. The molecule has 0 spiro atoms. The van der Waals surface area contributed by atoms with Gasteiger partial charge in [0.25, 0.3) is 0 Å². The molecule has 18 N–H and O–H groups in total. The third kappa shape index (κ3) is 12.3. The van der Waals surface area contributed by atoms with E-state index < -0.39 is 223 Å². The minimum Gasteiger partial charge on any atom is -0.394 e. The quantitative estimate of drug-likeness (QED) is 0.0682. The molecule has 0 bridgehead atoms. The lowest BCUT2D eigenvalue weighted by atomic mass is 9.93. The van der Waals surface area contributed by atoms with Crippen molar-refractivity contribution in [3.63, 3.8) is 0 Å². The second kappa shape index (κ2) is 24.5. The van der Waals surface area contributed by atoms with Crippen LogP contribution in [-0.2, 0) is 61.7 Å². The Bertz CT molecular complexity index is 1680. The Morgan fingerprint density at radius 1 is 0.457 bits per heavy atom. The lowest BCUT2D eigenvalue weighted by Gasteiger charge is -2.51. The topological polar surface area (TPSA) is 483 Å². The molecule has 406 valence electrons. The van der Waals surface area contributed by atoms with Gasteiger partial charge in [-0.05, 0) is 6.92 Å². The number of carbonyl (C=O) groups is 2. The SMILES string of the molecule is CC(=O)N[C@@H]1[C@@H](O[C@@H]2O[C@@H](C)[C@@H](O)[C@@H](O)[C@@H]2O)[C@H](O[C@@H]2O[C@H](CO)[C@@H](O[C@@H]3O[C@H](CO[C@H]4O[C@H](CO)[C@@H](O)[C@H](O)[C@@H]4O)[C@@H](O)[C@H](O)[C@@H]3O[C@@H]3OC[C@@H](O)[C@H](O)[C@H]3O)[C@H](O)[C@H]2NC(C)=O)[C@@H](CO)O[C@H]1O. The molecule has 0 unspecified atom stereocenters. The standard InChI is InChI=1S/C39H66N2O29/c1-9-19(48)24(53)29(58)38(62-9)69-32-18(41-11(3)46)34(59)63-15(6-44)31(32)68-35-17(40-10(2)45)23(52)30(14(5-43)65-35)67-39-33(70-37-27(56)20(49)12(47)7-60-37)26(55)22(51)16(66-39)8-61-36-28(57)25(54)21(50)13(4-42)64-36/h9,12-39,42-44,47-59H,4-8H2,1-3H3,(H,40,45)(H,41,46)/t9-,12+,13+,14+,15+,16+,17+,18+,19+,20-,21+,22+,23+,24+,25-,26-,27+,28-,29-,30+,31+,32+,33-,34+,35-,36-,37-,38-,39-/m0/s1. The summed E-state index contributed by atoms with van der Waals surface area (Å²) in [5, 5.41) is 175. The highest BCUT2D eigenvalue weighted by Crippen LogP contribution is 2.36. The first-order chi connectivity index (χ1) is 33.0. The molecule has 0 saturated carbocycles. The number of nitrogens with one attached hydrogen (secondary N) is 2. The average Bonchev–Trinajstić information content (AvgIpc) is 3.32. The molecule has 31 heteroatoms. The van der Waals surface area contributed by atoms with E-state index in [2.05, 4.69) is 10.6 Å². The summed E-state index contributed by atoms with van der Waals surface area (Å²) in [4.78, 5) is 25.2. The number of carbonyl (C=O) groups excluding carboxylic acids is 2. The van der Waals surface area contributed by atoms with Crippen LogP contribution >= 0.6 is 0 Å². The Labute approximate surface area is 397 Å². The van der Waals surface area contributed by atoms with E-state index in [9.17, 15) is 91.3 Å². The summed E-state index contributed by atoms with van der Waals surface area (Å²) in [5.41, 5.74) is 0. The molecule has 6 fully saturated rings. The second-order valence-electron chi connectivity index (χ2n) is 17.8. The van der Waals surface area contributed by atoms with Gasteiger partial charge >= 0.3 is 0 Å². The normalized spacial score (nSPS) is 50.3. The fraction of sp³-hybridized carbons (Fsp3) is 0.949. The van der Waals surface area contributed by atoms with Gasteiger partial charge in [-0.1, -0.05) is 0 Å². The fourth-order valence-electron chi connectivity index (χ4n) is 8.86. The van der Waals surface area contributed by atoms with Gasteiger partial charge < -0.3 is 144 Å². The molecule has 29 atom stereocenters. The van der Waals surface area contributed by atoms with Crippen molar-refractivity contribution in [2.75, 3.05) is 33.0 Å². The minimum atomic E-state index is -2.14. The maximum Gasteiger partial charge on any atom is 0.217 e. The molecule has 70 heavy (non-hydrogen) atoms. The number of hydrogen-bond donors (Lipinski definition) is 18. The molecular formula is C39H66N2O29. The third-order valence-corrected chi connectivity index (χ3v) is 12.8. The van der Waals surface area contributed by atoms with Crippen LogP contribution in [0.25, 0.3) is 0 Å². The number of ether oxygens (including phenoxy) is 11. The highest BCUT2D eigenvalue weighted by Gasteiger charge is 2.57. The number of hydrogen-bond acceptors (Lipinski definition) is 29. The molecule has 31 nitrogen and oxygen atoms in total. The Morgan fingerprint density at radius 3 is 1.59 bits per heavy atom. The van der Waals surface area contributed by atoms with E-state index in [4.69, 9.17) is 52.1 Å². The summed E-state index contributed by atoms with van der Waals surface area (Å²) in [6, 6.07) is -3.40. The Balaban J connectivity index is 1.29. The molecule has 0 aromatic carbocycles. The zero-order valence-corrected chi connectivity index (χ0v) is 37.7. The predicted molar refractivity (Wildman–Crippen MR) is 215 cm³/mol. The largest absolute Gasteiger partial charge is 0.394 e. The molecule has 0 radical (unpaired) electrons. The first kappa shape index (κ1) is 57.1. The third-order valence-electron chi connectivity index (χ3n) is 12.8. The highest BCUT2D eigenvalue weighted by molar-refractivity contribution is 5.73. The van der Waals surface area contributed by atoms with Crippen molar-refractivity contribution in [2.24, 2.45) is 0 Å². The van der Waals surface area contributed by atoms with E-state index in [1.54, 1.807) is 0 Å². The van der Waals surface area contributed by atoms with Crippen molar-refractivity contribution >= 4 is 11.8 Å². The van der Waals surface area contributed by atoms with Gasteiger partial charge in [0.15, 0.2) is 37.7 Å². The van der Waals surface area contributed by atoms with E-state index in [1.165, 1.54) is 6.92 Å². The van der Waals surface area contributed by atoms with Gasteiger partial charge in [0.2, 0.25) is 11.8 Å². The summed E-state index contributed by atoms with van der Waals surface area (Å²) < 4.78 is 63.5. The van der Waals surface area contributed by atoms with Gasteiger partial charge in [-0.25, -0.2) is 0 Å². The van der Waals surface area contributed by atoms with Crippen molar-refractivity contribution in [3.05, 3.63) is 0 Å². The Morgan fingerprint density at radius 2 is 0.957 bits per heavy atom. The fourth-order valence-corrected chi connectivity index (χ4v) is 8.86. The van der Waals surface area contributed by atoms with Crippen molar-refractivity contribution in [1.82, 2.24) is 10.6 Å². The van der Waals surface area contributed by atoms with E-state index in [0.29, 0.717) is 0 Å². The maximum atomic E-state index is 12.8. The minimum absolute atomic E-state index is 0.601. The molecule has 6 saturated heterocycles. The summed E-state index contributed by atoms with van der Waals surface area (Å²) in [7, 11) is 0. The summed E-state index contributed by atoms with van der Waals surface area (Å²) in [6.07, 6.45) is -49.1. The van der Waals surface area contributed by atoms with Gasteiger partial charge in [0.05, 0.1) is 39.1 Å². The highest BCUT2D eigenvalue weighted by atomic mass is 16.8. The lowest BCUT2D eigenvalue weighted by Crippen LogP contribution is -2.71. The number of aliphatic hydroxyl groups excluding tert-OH is 16. The van der Waals surface area contributed by atoms with Crippen molar-refractivity contribution in [1.29, 1.82) is 0 Å². The van der Waals surface area contributed by atoms with Crippen molar-refractivity contribution in [2.45, 2.75) is 199 Å². The van der Waals surface area contributed by atoms with E-state index in [0.717, 1.165) is 13.8 Å². The summed E-state index contributed by atoms with van der Waals surface area (Å²) in [5.74, 6) is -1.60. The molecule has 6 heterocycles. The average molecular weight is 1030 g/mol. The molecule has 6 aliphatic rings. The molecule has 6 rings (SSSR count). The zero-order chi connectivity index (χ0) is 51.6. The van der Waals surface area contributed by atoms with Gasteiger partial charge in [-0.2, -0.15) is 0 Å². The van der Waals surface area contributed by atoms with Crippen LogP contribution in [0, 0.1) is 0 Å². The van der Waals surface area contributed by atoms with Crippen LogP contribution in [0.15, 0.2) is 0 Å². The Hall–Kier alpha value is -2.14. The first-order valence-electron chi connectivity index (χ1n) is 22.4. The molecular weight excluding hydrogens is 960 g/mol. The summed E-state index contributed by atoms with van der Waals surface area (Å²) in [6.45, 7) is -0.861. The van der Waals surface area contributed by atoms with Crippen molar-refractivity contribution < 1.29 is 143 Å². The van der Waals surface area contributed by atoms with Crippen LogP contribution in [0.3, 0.4) is 0 Å². The van der Waals surface area contributed by atoms with Crippen molar-refractivity contribution in [3.8, 4) is 0 Å². The molecule has 2 amide bonds. The number of amides is 2. The van der Waals surface area contributed by atoms with E-state index in [1.807, 2.05) is 0 Å². The van der Waals surface area contributed by atoms with Gasteiger partial charge in [0.1, 0.15) is 134 Å². The van der Waals surface area contributed by atoms with Crippen LogP contribution in [0.5, 0.6) is 0 Å². The number of aliphatic hydroxyl groups is 16. The zero-order valence-electron chi connectivity index (χ0n) is 37.7. The smallest absolute Gasteiger partial charge is 0.217 e.